The summed E-state index contributed by atoms with van der Waals surface area (Å²) < 4.78 is 4.90. The van der Waals surface area contributed by atoms with Gasteiger partial charge >= 0.3 is 12.0 Å². The molecule has 1 heterocycles. The zero-order valence-corrected chi connectivity index (χ0v) is 12.3. The number of ether oxygens (including phenoxy) is 1. The predicted molar refractivity (Wildman–Crippen MR) is 80.3 cm³/mol. The second-order valence-corrected chi connectivity index (χ2v) is 5.16. The quantitative estimate of drug-likeness (QED) is 0.681. The van der Waals surface area contributed by atoms with Crippen LogP contribution in [-0.4, -0.2) is 37.1 Å². The van der Waals surface area contributed by atoms with Gasteiger partial charge in [0.25, 0.3) is 5.91 Å². The van der Waals surface area contributed by atoms with E-state index in [-0.39, 0.29) is 31.0 Å². The molecule has 1 aromatic rings. The van der Waals surface area contributed by atoms with Gasteiger partial charge in [-0.25, -0.2) is 4.79 Å². The molecule has 1 aromatic carbocycles. The summed E-state index contributed by atoms with van der Waals surface area (Å²) >= 11 is 0. The number of urea groups is 1. The Morgan fingerprint density at radius 2 is 2.05 bits per heavy atom. The fourth-order valence-corrected chi connectivity index (χ4v) is 2.02. The predicted octanol–water partition coefficient (Wildman–Crippen LogP) is 0.938. The molecule has 0 spiro atoms. The fraction of sp³-hybridized carbons (Fsp3) is 0.400. The summed E-state index contributed by atoms with van der Waals surface area (Å²) in [5.41, 5.74) is 1.75. The van der Waals surface area contributed by atoms with Crippen LogP contribution in [0.1, 0.15) is 18.4 Å². The van der Waals surface area contributed by atoms with E-state index in [9.17, 15) is 14.4 Å². The van der Waals surface area contributed by atoms with E-state index in [1.807, 2.05) is 19.1 Å². The van der Waals surface area contributed by atoms with Crippen molar-refractivity contribution in [2.24, 2.45) is 0 Å². The lowest BCUT2D eigenvalue weighted by atomic mass is 10.2. The zero-order chi connectivity index (χ0) is 15.9. The molecule has 22 heavy (non-hydrogen) atoms. The summed E-state index contributed by atoms with van der Waals surface area (Å²) in [4.78, 5) is 34.1. The van der Waals surface area contributed by atoms with Crippen LogP contribution in [0.4, 0.5) is 10.5 Å². The third kappa shape index (κ3) is 5.08. The largest absolute Gasteiger partial charge is 0.456 e. The monoisotopic (exact) mass is 305 g/mol. The van der Waals surface area contributed by atoms with Gasteiger partial charge in [-0.05, 0) is 25.5 Å². The molecular weight excluding hydrogens is 286 g/mol. The average molecular weight is 305 g/mol. The molecule has 7 heteroatoms. The van der Waals surface area contributed by atoms with Crippen molar-refractivity contribution in [2.75, 3.05) is 18.5 Å². The van der Waals surface area contributed by atoms with Crippen LogP contribution in [0.5, 0.6) is 0 Å². The molecule has 1 aliphatic heterocycles. The molecule has 1 unspecified atom stereocenters. The van der Waals surface area contributed by atoms with Crippen molar-refractivity contribution >= 4 is 23.6 Å². The number of hydrogen-bond donors (Lipinski definition) is 3. The molecule has 2 rings (SSSR count). The highest BCUT2D eigenvalue weighted by atomic mass is 16.5. The minimum atomic E-state index is -0.458. The normalized spacial score (nSPS) is 16.6. The standard InChI is InChI=1S/C15H19N3O4/c1-10-2-4-11(5-3-10)17-13(19)9-22-14(20)7-6-12-8-16-15(21)18-12/h2-5,12H,6-9H2,1H3,(H,17,19)(H2,16,18,21). The number of carbonyl (C=O) groups is 3. The maximum Gasteiger partial charge on any atom is 0.315 e. The van der Waals surface area contributed by atoms with Crippen molar-refractivity contribution in [3.63, 3.8) is 0 Å². The van der Waals surface area contributed by atoms with Gasteiger partial charge in [-0.15, -0.1) is 0 Å². The Morgan fingerprint density at radius 1 is 1.32 bits per heavy atom. The first-order valence-electron chi connectivity index (χ1n) is 7.09. The molecule has 3 amide bonds. The lowest BCUT2D eigenvalue weighted by Gasteiger charge is -2.09. The Bertz CT molecular complexity index is 556. The first-order valence-corrected chi connectivity index (χ1v) is 7.09. The van der Waals surface area contributed by atoms with Crippen molar-refractivity contribution in [1.29, 1.82) is 0 Å². The van der Waals surface area contributed by atoms with Crippen LogP contribution in [0.25, 0.3) is 0 Å². The molecule has 0 aliphatic carbocycles. The molecule has 0 saturated carbocycles. The molecule has 1 saturated heterocycles. The molecule has 7 nitrogen and oxygen atoms in total. The number of carbonyl (C=O) groups excluding carboxylic acids is 3. The van der Waals surface area contributed by atoms with Crippen molar-refractivity contribution < 1.29 is 19.1 Å². The van der Waals surface area contributed by atoms with Gasteiger partial charge in [0.05, 0.1) is 0 Å². The van der Waals surface area contributed by atoms with Crippen LogP contribution in [0.15, 0.2) is 24.3 Å². The Labute approximate surface area is 128 Å². The van der Waals surface area contributed by atoms with E-state index >= 15 is 0 Å². The Balaban J connectivity index is 1.64. The van der Waals surface area contributed by atoms with E-state index in [4.69, 9.17) is 4.74 Å². The van der Waals surface area contributed by atoms with E-state index < -0.39 is 5.97 Å². The lowest BCUT2D eigenvalue weighted by molar-refractivity contribution is -0.147. The van der Waals surface area contributed by atoms with E-state index in [0.717, 1.165) is 5.56 Å². The fourth-order valence-electron chi connectivity index (χ4n) is 2.02. The Hall–Kier alpha value is -2.57. The average Bonchev–Trinajstić information content (AvgIpc) is 2.91. The summed E-state index contributed by atoms with van der Waals surface area (Å²) in [6.07, 6.45) is 0.640. The van der Waals surface area contributed by atoms with Crippen molar-refractivity contribution in [2.45, 2.75) is 25.8 Å². The van der Waals surface area contributed by atoms with Crippen LogP contribution >= 0.6 is 0 Å². The van der Waals surface area contributed by atoms with Gasteiger partial charge < -0.3 is 20.7 Å². The zero-order valence-electron chi connectivity index (χ0n) is 12.3. The van der Waals surface area contributed by atoms with Gasteiger partial charge in [0.2, 0.25) is 0 Å². The van der Waals surface area contributed by atoms with Crippen molar-refractivity contribution in [1.82, 2.24) is 10.6 Å². The van der Waals surface area contributed by atoms with Gasteiger partial charge in [-0.3, -0.25) is 9.59 Å². The number of benzene rings is 1. The van der Waals surface area contributed by atoms with Gasteiger partial charge in [0, 0.05) is 24.7 Å². The van der Waals surface area contributed by atoms with Crippen LogP contribution in [0.3, 0.4) is 0 Å². The molecule has 0 bridgehead atoms. The second kappa shape index (κ2) is 7.44. The smallest absolute Gasteiger partial charge is 0.315 e. The minimum absolute atomic E-state index is 0.0681. The van der Waals surface area contributed by atoms with Crippen LogP contribution < -0.4 is 16.0 Å². The molecule has 0 radical (unpaired) electrons. The van der Waals surface area contributed by atoms with Crippen molar-refractivity contribution in [3.05, 3.63) is 29.8 Å². The third-order valence-electron chi connectivity index (χ3n) is 3.24. The number of aryl methyl sites for hydroxylation is 1. The van der Waals surface area contributed by atoms with Crippen LogP contribution in [0, 0.1) is 6.92 Å². The highest BCUT2D eigenvalue weighted by molar-refractivity contribution is 5.92. The third-order valence-corrected chi connectivity index (χ3v) is 3.24. The van der Waals surface area contributed by atoms with Gasteiger partial charge in [0.1, 0.15) is 0 Å². The highest BCUT2D eigenvalue weighted by Crippen LogP contribution is 2.08. The maximum absolute atomic E-state index is 11.6. The van der Waals surface area contributed by atoms with E-state index in [1.165, 1.54) is 0 Å². The molecule has 1 aliphatic rings. The van der Waals surface area contributed by atoms with E-state index in [1.54, 1.807) is 12.1 Å². The number of hydrogen-bond acceptors (Lipinski definition) is 4. The number of anilines is 1. The van der Waals surface area contributed by atoms with E-state index in [0.29, 0.717) is 18.7 Å². The van der Waals surface area contributed by atoms with E-state index in [2.05, 4.69) is 16.0 Å². The molecular formula is C15H19N3O4. The minimum Gasteiger partial charge on any atom is -0.456 e. The number of nitrogens with one attached hydrogen (secondary N) is 3. The number of amides is 3. The first kappa shape index (κ1) is 15.8. The molecule has 3 N–H and O–H groups in total. The van der Waals surface area contributed by atoms with Gasteiger partial charge in [-0.2, -0.15) is 0 Å². The van der Waals surface area contributed by atoms with Gasteiger partial charge in [-0.1, -0.05) is 17.7 Å². The van der Waals surface area contributed by atoms with Crippen molar-refractivity contribution in [3.8, 4) is 0 Å². The molecule has 1 atom stereocenters. The second-order valence-electron chi connectivity index (χ2n) is 5.16. The number of esters is 1. The Kier molecular flexibility index (Phi) is 5.35. The van der Waals surface area contributed by atoms with Crippen LogP contribution in [0.2, 0.25) is 0 Å². The summed E-state index contributed by atoms with van der Waals surface area (Å²) in [5.74, 6) is -0.840. The molecule has 118 valence electrons. The molecule has 0 aromatic heterocycles. The lowest BCUT2D eigenvalue weighted by Crippen LogP contribution is -2.27. The SMILES string of the molecule is Cc1ccc(NC(=O)COC(=O)CCC2CNC(=O)N2)cc1. The van der Waals surface area contributed by atoms with Gasteiger partial charge in [0.15, 0.2) is 6.61 Å². The first-order chi connectivity index (χ1) is 10.5. The summed E-state index contributed by atoms with van der Waals surface area (Å²) in [7, 11) is 0. The topological polar surface area (TPSA) is 96.5 Å². The highest BCUT2D eigenvalue weighted by Gasteiger charge is 2.20. The summed E-state index contributed by atoms with van der Waals surface area (Å²) in [6, 6.07) is 7.03. The maximum atomic E-state index is 11.6. The number of rotatable bonds is 6. The van der Waals surface area contributed by atoms with Crippen LogP contribution in [-0.2, 0) is 14.3 Å². The summed E-state index contributed by atoms with van der Waals surface area (Å²) in [6.45, 7) is 2.14. The summed E-state index contributed by atoms with van der Waals surface area (Å²) in [5, 5.41) is 7.93. The Morgan fingerprint density at radius 3 is 2.68 bits per heavy atom. The molecule has 1 fully saturated rings.